The zero-order chi connectivity index (χ0) is 21.1. The van der Waals surface area contributed by atoms with Gasteiger partial charge < -0.3 is 20.5 Å². The molecule has 1 aliphatic rings. The molecule has 3 aromatic rings. The van der Waals surface area contributed by atoms with E-state index >= 15 is 0 Å². The number of hydrogen-bond acceptors (Lipinski definition) is 3. The number of rotatable bonds is 6. The molecule has 0 aliphatic carbocycles. The summed E-state index contributed by atoms with van der Waals surface area (Å²) in [5, 5.41) is 7.00. The fourth-order valence-corrected chi connectivity index (χ4v) is 3.82. The maximum Gasteiger partial charge on any atom is 0.253 e. The molecular formula is C22H21ClN4O3. The lowest BCUT2D eigenvalue weighted by Gasteiger charge is -2.17. The summed E-state index contributed by atoms with van der Waals surface area (Å²) in [4.78, 5) is 41.8. The van der Waals surface area contributed by atoms with E-state index in [4.69, 9.17) is 11.6 Å². The van der Waals surface area contributed by atoms with Gasteiger partial charge in [0.25, 0.3) is 5.91 Å². The second-order valence-corrected chi connectivity index (χ2v) is 7.62. The number of benzene rings is 2. The van der Waals surface area contributed by atoms with Crippen molar-refractivity contribution in [2.75, 3.05) is 24.5 Å². The van der Waals surface area contributed by atoms with Crippen molar-refractivity contribution in [1.29, 1.82) is 0 Å². The van der Waals surface area contributed by atoms with E-state index in [2.05, 4.69) is 15.6 Å². The quantitative estimate of drug-likeness (QED) is 0.531. The molecule has 2 aromatic carbocycles. The van der Waals surface area contributed by atoms with Gasteiger partial charge in [-0.1, -0.05) is 35.9 Å². The Labute approximate surface area is 178 Å². The van der Waals surface area contributed by atoms with Crippen LogP contribution in [-0.2, 0) is 9.59 Å². The molecular weight excluding hydrogens is 404 g/mol. The number of aromatic nitrogens is 1. The van der Waals surface area contributed by atoms with Gasteiger partial charge in [0, 0.05) is 53.9 Å². The Morgan fingerprint density at radius 3 is 2.73 bits per heavy atom. The third kappa shape index (κ3) is 4.16. The van der Waals surface area contributed by atoms with Crippen molar-refractivity contribution in [2.45, 2.75) is 6.42 Å². The lowest BCUT2D eigenvalue weighted by Crippen LogP contribution is -2.38. The Morgan fingerprint density at radius 1 is 1.10 bits per heavy atom. The van der Waals surface area contributed by atoms with E-state index in [9.17, 15) is 14.4 Å². The predicted molar refractivity (Wildman–Crippen MR) is 116 cm³/mol. The lowest BCUT2D eigenvalue weighted by molar-refractivity contribution is -0.126. The van der Waals surface area contributed by atoms with E-state index in [-0.39, 0.29) is 30.7 Å². The number of para-hydroxylation sites is 1. The Hall–Kier alpha value is -3.32. The number of halogens is 1. The molecule has 0 bridgehead atoms. The first-order chi connectivity index (χ1) is 14.5. The smallest absolute Gasteiger partial charge is 0.253 e. The van der Waals surface area contributed by atoms with Crippen LogP contribution < -0.4 is 15.5 Å². The van der Waals surface area contributed by atoms with E-state index in [1.54, 1.807) is 35.4 Å². The lowest BCUT2D eigenvalue weighted by atomic mass is 10.1. The summed E-state index contributed by atoms with van der Waals surface area (Å²) in [6.07, 6.45) is 1.83. The topological polar surface area (TPSA) is 94.3 Å². The van der Waals surface area contributed by atoms with E-state index in [1.807, 2.05) is 24.3 Å². The predicted octanol–water partition coefficient (Wildman–Crippen LogP) is 2.72. The number of nitrogens with zero attached hydrogens (tertiary/aromatic N) is 1. The highest BCUT2D eigenvalue weighted by atomic mass is 35.5. The summed E-state index contributed by atoms with van der Waals surface area (Å²) in [5.74, 6) is -0.940. The van der Waals surface area contributed by atoms with Gasteiger partial charge in [0.2, 0.25) is 11.8 Å². The molecule has 4 rings (SSSR count). The Kier molecular flexibility index (Phi) is 5.72. The number of carbonyl (C=O) groups is 3. The highest BCUT2D eigenvalue weighted by Crippen LogP contribution is 2.27. The highest BCUT2D eigenvalue weighted by Gasteiger charge is 2.35. The molecule has 154 valence electrons. The molecule has 3 amide bonds. The number of aromatic amines is 1. The summed E-state index contributed by atoms with van der Waals surface area (Å²) in [5.41, 5.74) is 2.15. The molecule has 1 aromatic heterocycles. The SMILES string of the molecule is O=C(NCCNC(=O)[C@@H]1CC(=O)N(c2cccc(Cl)c2)C1)c1c[nH]c2ccccc12. The molecule has 1 aliphatic heterocycles. The van der Waals surface area contributed by atoms with Crippen LogP contribution in [0.5, 0.6) is 0 Å². The molecule has 3 N–H and O–H groups in total. The fourth-order valence-electron chi connectivity index (χ4n) is 3.64. The van der Waals surface area contributed by atoms with Crippen molar-refractivity contribution in [3.63, 3.8) is 0 Å². The number of amides is 3. The van der Waals surface area contributed by atoms with Gasteiger partial charge in [0.15, 0.2) is 0 Å². The number of hydrogen-bond donors (Lipinski definition) is 3. The first-order valence-electron chi connectivity index (χ1n) is 9.71. The van der Waals surface area contributed by atoms with Gasteiger partial charge in [-0.15, -0.1) is 0 Å². The molecule has 0 unspecified atom stereocenters. The Morgan fingerprint density at radius 2 is 1.90 bits per heavy atom. The summed E-state index contributed by atoms with van der Waals surface area (Å²) in [6, 6.07) is 14.6. The third-order valence-corrected chi connectivity index (χ3v) is 5.39. The van der Waals surface area contributed by atoms with Crippen molar-refractivity contribution in [1.82, 2.24) is 15.6 Å². The molecule has 1 saturated heterocycles. The van der Waals surface area contributed by atoms with Crippen molar-refractivity contribution >= 4 is 45.9 Å². The third-order valence-electron chi connectivity index (χ3n) is 5.16. The van der Waals surface area contributed by atoms with Crippen LogP contribution >= 0.6 is 11.6 Å². The monoisotopic (exact) mass is 424 g/mol. The molecule has 8 heteroatoms. The molecule has 1 fully saturated rings. The molecule has 0 spiro atoms. The summed E-state index contributed by atoms with van der Waals surface area (Å²) in [6.45, 7) is 0.893. The average molecular weight is 425 g/mol. The van der Waals surface area contributed by atoms with Crippen LogP contribution in [0.4, 0.5) is 5.69 Å². The van der Waals surface area contributed by atoms with Crippen LogP contribution in [0.15, 0.2) is 54.7 Å². The van der Waals surface area contributed by atoms with Crippen molar-refractivity contribution in [3.05, 3.63) is 65.3 Å². The number of anilines is 1. The maximum atomic E-state index is 12.4. The van der Waals surface area contributed by atoms with Crippen LogP contribution in [0, 0.1) is 5.92 Å². The zero-order valence-corrected chi connectivity index (χ0v) is 16.9. The number of nitrogens with one attached hydrogen (secondary N) is 3. The maximum absolute atomic E-state index is 12.4. The van der Waals surface area contributed by atoms with Crippen LogP contribution in [0.3, 0.4) is 0 Å². The van der Waals surface area contributed by atoms with Crippen molar-refractivity contribution in [2.24, 2.45) is 5.92 Å². The van der Waals surface area contributed by atoms with Crippen molar-refractivity contribution in [3.8, 4) is 0 Å². The zero-order valence-electron chi connectivity index (χ0n) is 16.2. The Bertz CT molecular complexity index is 1110. The van der Waals surface area contributed by atoms with Gasteiger partial charge in [-0.2, -0.15) is 0 Å². The second-order valence-electron chi connectivity index (χ2n) is 7.18. The van der Waals surface area contributed by atoms with Gasteiger partial charge >= 0.3 is 0 Å². The molecule has 7 nitrogen and oxygen atoms in total. The van der Waals surface area contributed by atoms with E-state index in [0.29, 0.717) is 29.4 Å². The van der Waals surface area contributed by atoms with Crippen LogP contribution in [-0.4, -0.2) is 42.3 Å². The normalized spacial score (nSPS) is 16.1. The van der Waals surface area contributed by atoms with E-state index in [0.717, 1.165) is 10.9 Å². The number of H-pyrrole nitrogens is 1. The van der Waals surface area contributed by atoms with E-state index < -0.39 is 5.92 Å². The summed E-state index contributed by atoms with van der Waals surface area (Å²) >= 11 is 6.00. The van der Waals surface area contributed by atoms with Gasteiger partial charge in [-0.3, -0.25) is 14.4 Å². The van der Waals surface area contributed by atoms with Crippen molar-refractivity contribution < 1.29 is 14.4 Å². The molecule has 0 radical (unpaired) electrons. The minimum atomic E-state index is -0.430. The molecule has 30 heavy (non-hydrogen) atoms. The molecule has 2 heterocycles. The van der Waals surface area contributed by atoms with Gasteiger partial charge in [-0.05, 0) is 24.3 Å². The average Bonchev–Trinajstić information content (AvgIpc) is 3.34. The van der Waals surface area contributed by atoms with Gasteiger partial charge in [0.1, 0.15) is 0 Å². The number of fused-ring (bicyclic) bond motifs is 1. The largest absolute Gasteiger partial charge is 0.360 e. The minimum Gasteiger partial charge on any atom is -0.360 e. The van der Waals surface area contributed by atoms with Gasteiger partial charge in [-0.25, -0.2) is 0 Å². The van der Waals surface area contributed by atoms with Crippen LogP contribution in [0.2, 0.25) is 5.02 Å². The molecule has 1 atom stereocenters. The first-order valence-corrected chi connectivity index (χ1v) is 10.1. The molecule has 0 saturated carbocycles. The standard InChI is InChI=1S/C22H21ClN4O3/c23-15-4-3-5-16(11-15)27-13-14(10-20(27)28)21(29)24-8-9-25-22(30)18-12-26-19-7-2-1-6-17(18)19/h1-7,11-12,14,26H,8-10,13H2,(H,24,29)(H,25,30)/t14-/m1/s1. The minimum absolute atomic E-state index is 0.106. The van der Waals surface area contributed by atoms with Gasteiger partial charge in [0.05, 0.1) is 11.5 Å². The van der Waals surface area contributed by atoms with Crippen LogP contribution in [0.25, 0.3) is 10.9 Å². The first kappa shape index (κ1) is 20.0. The fraction of sp³-hybridized carbons (Fsp3) is 0.227. The number of carbonyl (C=O) groups excluding carboxylic acids is 3. The van der Waals surface area contributed by atoms with E-state index in [1.165, 1.54) is 0 Å². The second kappa shape index (κ2) is 8.59. The summed E-state index contributed by atoms with van der Waals surface area (Å²) in [7, 11) is 0. The highest BCUT2D eigenvalue weighted by molar-refractivity contribution is 6.31. The Balaban J connectivity index is 1.26. The van der Waals surface area contributed by atoms with Crippen LogP contribution in [0.1, 0.15) is 16.8 Å². The summed E-state index contributed by atoms with van der Waals surface area (Å²) < 4.78 is 0.